The van der Waals surface area contributed by atoms with E-state index in [-0.39, 0.29) is 5.91 Å². The van der Waals surface area contributed by atoms with Crippen LogP contribution in [-0.4, -0.2) is 50.0 Å². The van der Waals surface area contributed by atoms with Crippen LogP contribution in [0, 0.1) is 6.92 Å². The van der Waals surface area contributed by atoms with Crippen molar-refractivity contribution in [2.75, 3.05) is 44.4 Å². The maximum atomic E-state index is 12.8. The van der Waals surface area contributed by atoms with Gasteiger partial charge in [-0.3, -0.25) is 9.78 Å². The molecule has 0 radical (unpaired) electrons. The standard InChI is InChI=1S/C26H35N5O/c1-19-9-10-23(29-26(32)22-14-24(30(4)5)18-28-17-22)15-25(19)21(16-27-3)13-20(2)31-11-7-6-8-12-31/h9-10,13-18,27H,6-8,11-12H2,1-5H3,(H,29,32)/b20-13+,21-16+. The number of aryl methyl sites for hydroxylation is 1. The van der Waals surface area contributed by atoms with Crippen molar-refractivity contribution in [1.29, 1.82) is 0 Å². The van der Waals surface area contributed by atoms with E-state index in [0.717, 1.165) is 41.2 Å². The first-order valence-corrected chi connectivity index (χ1v) is 11.2. The molecule has 3 rings (SSSR count). The molecule has 0 spiro atoms. The van der Waals surface area contributed by atoms with E-state index in [4.69, 9.17) is 0 Å². The van der Waals surface area contributed by atoms with Gasteiger partial charge in [0.15, 0.2) is 0 Å². The maximum absolute atomic E-state index is 12.8. The molecule has 2 aromatic rings. The van der Waals surface area contributed by atoms with E-state index in [2.05, 4.69) is 40.4 Å². The van der Waals surface area contributed by atoms with Crippen LogP contribution in [-0.2, 0) is 0 Å². The molecule has 32 heavy (non-hydrogen) atoms. The number of anilines is 2. The lowest BCUT2D eigenvalue weighted by Gasteiger charge is -2.29. The Balaban J connectivity index is 1.85. The first-order valence-electron chi connectivity index (χ1n) is 11.2. The number of nitrogens with zero attached hydrogens (tertiary/aromatic N) is 3. The topological polar surface area (TPSA) is 60.5 Å². The molecule has 2 N–H and O–H groups in total. The fraction of sp³-hybridized carbons (Fsp3) is 0.385. The van der Waals surface area contributed by atoms with Crippen LogP contribution in [0.5, 0.6) is 0 Å². The summed E-state index contributed by atoms with van der Waals surface area (Å²) in [5.41, 5.74) is 6.80. The number of piperidine rings is 1. The third-order valence-electron chi connectivity index (χ3n) is 5.83. The molecule has 0 aliphatic carbocycles. The number of pyridine rings is 1. The van der Waals surface area contributed by atoms with Gasteiger partial charge in [-0.1, -0.05) is 6.07 Å². The molecule has 1 aliphatic rings. The number of allylic oxidation sites excluding steroid dienone is 3. The fourth-order valence-electron chi connectivity index (χ4n) is 3.93. The van der Waals surface area contributed by atoms with Crippen LogP contribution in [0.4, 0.5) is 11.4 Å². The van der Waals surface area contributed by atoms with Crippen molar-refractivity contribution >= 4 is 22.9 Å². The zero-order valence-corrected chi connectivity index (χ0v) is 19.9. The molecule has 1 aromatic heterocycles. The van der Waals surface area contributed by atoms with E-state index in [1.807, 2.05) is 56.5 Å². The summed E-state index contributed by atoms with van der Waals surface area (Å²) >= 11 is 0. The average molecular weight is 434 g/mol. The molecule has 1 saturated heterocycles. The fourth-order valence-corrected chi connectivity index (χ4v) is 3.93. The van der Waals surface area contributed by atoms with Crippen LogP contribution in [0.2, 0.25) is 0 Å². The van der Waals surface area contributed by atoms with Gasteiger partial charge >= 0.3 is 0 Å². The van der Waals surface area contributed by atoms with Gasteiger partial charge < -0.3 is 20.4 Å². The summed E-state index contributed by atoms with van der Waals surface area (Å²) in [4.78, 5) is 21.4. The van der Waals surface area contributed by atoms with Crippen LogP contribution in [0.1, 0.15) is 47.7 Å². The number of nitrogens with one attached hydrogen (secondary N) is 2. The normalized spacial score (nSPS) is 14.8. The van der Waals surface area contributed by atoms with Gasteiger partial charge in [0, 0.05) is 58.0 Å². The Labute approximate surface area is 192 Å². The Morgan fingerprint density at radius 1 is 1.12 bits per heavy atom. The van der Waals surface area contributed by atoms with Crippen LogP contribution >= 0.6 is 0 Å². The highest BCUT2D eigenvalue weighted by Crippen LogP contribution is 2.26. The van der Waals surface area contributed by atoms with Crippen molar-refractivity contribution in [1.82, 2.24) is 15.2 Å². The van der Waals surface area contributed by atoms with E-state index in [1.165, 1.54) is 25.0 Å². The van der Waals surface area contributed by atoms with Gasteiger partial charge in [0.2, 0.25) is 0 Å². The lowest BCUT2D eigenvalue weighted by atomic mass is 9.99. The van der Waals surface area contributed by atoms with Gasteiger partial charge in [-0.25, -0.2) is 0 Å². The number of aromatic nitrogens is 1. The van der Waals surface area contributed by atoms with E-state index in [1.54, 1.807) is 12.4 Å². The average Bonchev–Trinajstić information content (AvgIpc) is 2.80. The minimum Gasteiger partial charge on any atom is -0.393 e. The van der Waals surface area contributed by atoms with Gasteiger partial charge in [-0.05, 0) is 74.1 Å². The Hall–Kier alpha value is -3.28. The molecule has 1 aliphatic heterocycles. The van der Waals surface area contributed by atoms with Gasteiger partial charge in [-0.2, -0.15) is 0 Å². The highest BCUT2D eigenvalue weighted by atomic mass is 16.1. The molecular weight excluding hydrogens is 398 g/mol. The minimum absolute atomic E-state index is 0.171. The second-order valence-electron chi connectivity index (χ2n) is 8.53. The largest absolute Gasteiger partial charge is 0.393 e. The second kappa shape index (κ2) is 10.8. The van der Waals surface area contributed by atoms with Crippen molar-refractivity contribution in [3.63, 3.8) is 0 Å². The lowest BCUT2D eigenvalue weighted by Crippen LogP contribution is -2.28. The third-order valence-corrected chi connectivity index (χ3v) is 5.83. The molecule has 0 saturated carbocycles. The van der Waals surface area contributed by atoms with Gasteiger partial charge in [0.05, 0.1) is 17.4 Å². The quantitative estimate of drug-likeness (QED) is 0.622. The van der Waals surface area contributed by atoms with Crippen LogP contribution in [0.25, 0.3) is 5.57 Å². The number of hydrogen-bond donors (Lipinski definition) is 2. The maximum Gasteiger partial charge on any atom is 0.257 e. The summed E-state index contributed by atoms with van der Waals surface area (Å²) < 4.78 is 0. The van der Waals surface area contributed by atoms with Crippen LogP contribution in [0.15, 0.2) is 54.6 Å². The number of likely N-dealkylation sites (tertiary alicyclic amines) is 1. The van der Waals surface area contributed by atoms with Crippen molar-refractivity contribution in [2.45, 2.75) is 33.1 Å². The number of hydrogen-bond acceptors (Lipinski definition) is 5. The predicted octanol–water partition coefficient (Wildman–Crippen LogP) is 4.66. The molecule has 6 heteroatoms. The van der Waals surface area contributed by atoms with Gasteiger partial charge in [-0.15, -0.1) is 0 Å². The summed E-state index contributed by atoms with van der Waals surface area (Å²) in [5.74, 6) is -0.171. The van der Waals surface area contributed by atoms with Crippen molar-refractivity contribution in [3.05, 3.63) is 71.3 Å². The molecular formula is C26H35N5O. The molecule has 2 heterocycles. The Kier molecular flexibility index (Phi) is 7.92. The molecule has 0 bridgehead atoms. The summed E-state index contributed by atoms with van der Waals surface area (Å²) in [6, 6.07) is 7.87. The van der Waals surface area contributed by atoms with Crippen molar-refractivity contribution in [2.24, 2.45) is 0 Å². The monoisotopic (exact) mass is 433 g/mol. The number of benzene rings is 1. The number of carbonyl (C=O) groups excluding carboxylic acids is 1. The minimum atomic E-state index is -0.171. The molecule has 1 aromatic carbocycles. The third kappa shape index (κ3) is 5.90. The zero-order chi connectivity index (χ0) is 23.1. The Morgan fingerprint density at radius 2 is 1.88 bits per heavy atom. The van der Waals surface area contributed by atoms with Crippen LogP contribution in [0.3, 0.4) is 0 Å². The van der Waals surface area contributed by atoms with E-state index >= 15 is 0 Å². The highest BCUT2D eigenvalue weighted by molar-refractivity contribution is 6.04. The number of rotatable bonds is 7. The molecule has 1 fully saturated rings. The van der Waals surface area contributed by atoms with Crippen molar-refractivity contribution in [3.8, 4) is 0 Å². The summed E-state index contributed by atoms with van der Waals surface area (Å²) in [6.07, 6.45) is 11.4. The highest BCUT2D eigenvalue weighted by Gasteiger charge is 2.13. The first kappa shape index (κ1) is 23.4. The Bertz CT molecular complexity index is 1000. The second-order valence-corrected chi connectivity index (χ2v) is 8.53. The molecule has 0 atom stereocenters. The molecule has 1 amide bonds. The number of amides is 1. The Morgan fingerprint density at radius 3 is 2.56 bits per heavy atom. The summed E-state index contributed by atoms with van der Waals surface area (Å²) in [5, 5.41) is 6.21. The molecule has 6 nitrogen and oxygen atoms in total. The smallest absolute Gasteiger partial charge is 0.257 e. The van der Waals surface area contributed by atoms with Gasteiger partial charge in [0.25, 0.3) is 5.91 Å². The van der Waals surface area contributed by atoms with Crippen molar-refractivity contribution < 1.29 is 4.79 Å². The summed E-state index contributed by atoms with van der Waals surface area (Å²) in [7, 11) is 5.77. The SMILES string of the molecule is CN/C=C(\C=C(/C)N1CCCCC1)c1cc(NC(=O)c2cncc(N(C)C)c2)ccc1C. The van der Waals surface area contributed by atoms with E-state index in [9.17, 15) is 4.79 Å². The number of carbonyl (C=O) groups is 1. The van der Waals surface area contributed by atoms with Crippen LogP contribution < -0.4 is 15.5 Å². The van der Waals surface area contributed by atoms with E-state index < -0.39 is 0 Å². The summed E-state index contributed by atoms with van der Waals surface area (Å²) in [6.45, 7) is 6.51. The zero-order valence-electron chi connectivity index (χ0n) is 19.9. The molecule has 170 valence electrons. The predicted molar refractivity (Wildman–Crippen MR) is 134 cm³/mol. The lowest BCUT2D eigenvalue weighted by molar-refractivity contribution is 0.102. The van der Waals surface area contributed by atoms with Gasteiger partial charge in [0.1, 0.15) is 0 Å². The van der Waals surface area contributed by atoms with E-state index in [0.29, 0.717) is 5.56 Å². The molecule has 0 unspecified atom stereocenters. The first-order chi connectivity index (χ1) is 15.4.